The Morgan fingerprint density at radius 2 is 1.73 bits per heavy atom. The summed E-state index contributed by atoms with van der Waals surface area (Å²) in [5.41, 5.74) is 2.02. The molecule has 0 fully saturated rings. The highest BCUT2D eigenvalue weighted by Crippen LogP contribution is 2.38. The van der Waals surface area contributed by atoms with Crippen LogP contribution in [0.1, 0.15) is 27.2 Å². The monoisotopic (exact) mass is 212 g/mol. The van der Waals surface area contributed by atoms with Gasteiger partial charge in [0, 0.05) is 0 Å². The zero-order valence-electron chi connectivity index (χ0n) is 9.15. The number of allylic oxidation sites excluding steroid dienone is 2. The maximum Gasteiger partial charge on any atom is 0.307 e. The standard InChI is InChI=1S/C11H16O4/c1-5-4-8(10(12)13)9(11(14)15)7(3)6(5)2/h7-9H,4H2,1-3H3,(H,12,13)(H,14,15)/t7-,8-,9-/m0/s1. The van der Waals surface area contributed by atoms with E-state index in [2.05, 4.69) is 0 Å². The average Bonchev–Trinajstić information content (AvgIpc) is 2.12. The van der Waals surface area contributed by atoms with E-state index in [-0.39, 0.29) is 5.92 Å². The van der Waals surface area contributed by atoms with Gasteiger partial charge in [-0.05, 0) is 26.2 Å². The Hall–Kier alpha value is -1.32. The number of aliphatic carboxylic acids is 2. The Morgan fingerprint density at radius 3 is 2.13 bits per heavy atom. The van der Waals surface area contributed by atoms with Crippen molar-refractivity contribution in [1.82, 2.24) is 0 Å². The van der Waals surface area contributed by atoms with Crippen molar-refractivity contribution >= 4 is 11.9 Å². The van der Waals surface area contributed by atoms with Gasteiger partial charge in [-0.1, -0.05) is 18.1 Å². The van der Waals surface area contributed by atoms with Crippen LogP contribution in [0.2, 0.25) is 0 Å². The lowest BCUT2D eigenvalue weighted by atomic mass is 9.70. The average molecular weight is 212 g/mol. The van der Waals surface area contributed by atoms with Gasteiger partial charge in [-0.25, -0.2) is 0 Å². The van der Waals surface area contributed by atoms with E-state index in [1.54, 1.807) is 6.92 Å². The molecule has 1 aliphatic carbocycles. The van der Waals surface area contributed by atoms with Gasteiger partial charge in [-0.3, -0.25) is 9.59 Å². The summed E-state index contributed by atoms with van der Waals surface area (Å²) in [6.45, 7) is 5.54. The van der Waals surface area contributed by atoms with Crippen molar-refractivity contribution in [2.24, 2.45) is 17.8 Å². The Kier molecular flexibility index (Phi) is 3.17. The Morgan fingerprint density at radius 1 is 1.20 bits per heavy atom. The van der Waals surface area contributed by atoms with Gasteiger partial charge in [0.25, 0.3) is 0 Å². The summed E-state index contributed by atoms with van der Waals surface area (Å²) in [6.07, 6.45) is 0.350. The Labute approximate surface area is 88.6 Å². The number of rotatable bonds is 2. The minimum Gasteiger partial charge on any atom is -0.481 e. The highest BCUT2D eigenvalue weighted by Gasteiger charge is 2.41. The third-order valence-electron chi connectivity index (χ3n) is 3.46. The third-order valence-corrected chi connectivity index (χ3v) is 3.46. The van der Waals surface area contributed by atoms with Gasteiger partial charge in [-0.15, -0.1) is 0 Å². The molecule has 0 saturated heterocycles. The summed E-state index contributed by atoms with van der Waals surface area (Å²) in [4.78, 5) is 22.0. The van der Waals surface area contributed by atoms with E-state index in [9.17, 15) is 9.59 Å². The van der Waals surface area contributed by atoms with E-state index in [4.69, 9.17) is 10.2 Å². The van der Waals surface area contributed by atoms with Gasteiger partial charge in [-0.2, -0.15) is 0 Å². The number of carbonyl (C=O) groups is 2. The summed E-state index contributed by atoms with van der Waals surface area (Å²) in [7, 11) is 0. The van der Waals surface area contributed by atoms with Crippen molar-refractivity contribution in [3.8, 4) is 0 Å². The van der Waals surface area contributed by atoms with Crippen LogP contribution in [-0.2, 0) is 9.59 Å². The molecule has 0 bridgehead atoms. The lowest BCUT2D eigenvalue weighted by molar-refractivity contribution is -0.155. The Balaban J connectivity index is 3.11. The van der Waals surface area contributed by atoms with Gasteiger partial charge in [0.1, 0.15) is 0 Å². The molecule has 4 heteroatoms. The molecule has 15 heavy (non-hydrogen) atoms. The highest BCUT2D eigenvalue weighted by molar-refractivity contribution is 5.81. The van der Waals surface area contributed by atoms with Crippen molar-refractivity contribution < 1.29 is 19.8 Å². The second-order valence-electron chi connectivity index (χ2n) is 4.26. The SMILES string of the molecule is CC1=C(C)[C@H](C)[C@H](C(=O)O)[C@@H](C(=O)O)C1. The summed E-state index contributed by atoms with van der Waals surface area (Å²) < 4.78 is 0. The fourth-order valence-corrected chi connectivity index (χ4v) is 2.25. The van der Waals surface area contributed by atoms with E-state index < -0.39 is 23.8 Å². The van der Waals surface area contributed by atoms with Crippen LogP contribution in [0.5, 0.6) is 0 Å². The number of hydrogen-bond acceptors (Lipinski definition) is 2. The van der Waals surface area contributed by atoms with Crippen LogP contribution in [0.3, 0.4) is 0 Å². The van der Waals surface area contributed by atoms with Crippen molar-refractivity contribution in [2.75, 3.05) is 0 Å². The van der Waals surface area contributed by atoms with Crippen LogP contribution in [-0.4, -0.2) is 22.2 Å². The maximum absolute atomic E-state index is 11.0. The van der Waals surface area contributed by atoms with E-state index in [1.807, 2.05) is 13.8 Å². The first kappa shape index (κ1) is 11.8. The molecule has 0 saturated carbocycles. The molecule has 0 aromatic rings. The van der Waals surface area contributed by atoms with Gasteiger partial charge in [0.15, 0.2) is 0 Å². The fourth-order valence-electron chi connectivity index (χ4n) is 2.25. The summed E-state index contributed by atoms with van der Waals surface area (Å²) in [5.74, 6) is -3.81. The second kappa shape index (κ2) is 4.04. The van der Waals surface area contributed by atoms with Crippen molar-refractivity contribution in [3.05, 3.63) is 11.1 Å². The van der Waals surface area contributed by atoms with Crippen LogP contribution in [0.25, 0.3) is 0 Å². The smallest absolute Gasteiger partial charge is 0.307 e. The minimum atomic E-state index is -1.01. The number of carboxylic acids is 2. The zero-order valence-corrected chi connectivity index (χ0v) is 9.15. The number of carboxylic acid groups (broad SMARTS) is 2. The maximum atomic E-state index is 11.0. The molecule has 0 spiro atoms. The quantitative estimate of drug-likeness (QED) is 0.684. The highest BCUT2D eigenvalue weighted by atomic mass is 16.4. The molecule has 4 nitrogen and oxygen atoms in total. The molecule has 0 aromatic heterocycles. The topological polar surface area (TPSA) is 74.6 Å². The van der Waals surface area contributed by atoms with Gasteiger partial charge >= 0.3 is 11.9 Å². The molecular weight excluding hydrogens is 196 g/mol. The third kappa shape index (κ3) is 2.03. The van der Waals surface area contributed by atoms with Crippen LogP contribution >= 0.6 is 0 Å². The van der Waals surface area contributed by atoms with Crippen LogP contribution in [0, 0.1) is 17.8 Å². The first-order chi connectivity index (χ1) is 6.86. The minimum absolute atomic E-state index is 0.197. The van der Waals surface area contributed by atoms with E-state index in [0.29, 0.717) is 6.42 Å². The molecular formula is C11H16O4. The molecule has 3 atom stereocenters. The molecule has 0 heterocycles. The second-order valence-corrected chi connectivity index (χ2v) is 4.26. The lowest BCUT2D eigenvalue weighted by Crippen LogP contribution is -2.38. The van der Waals surface area contributed by atoms with Gasteiger partial charge in [0.05, 0.1) is 11.8 Å². The zero-order chi connectivity index (χ0) is 11.7. The molecule has 84 valence electrons. The van der Waals surface area contributed by atoms with E-state index >= 15 is 0 Å². The summed E-state index contributed by atoms with van der Waals surface area (Å²) >= 11 is 0. The molecule has 0 aromatic carbocycles. The van der Waals surface area contributed by atoms with Crippen molar-refractivity contribution in [3.63, 3.8) is 0 Å². The Bertz CT molecular complexity index is 329. The molecule has 0 radical (unpaired) electrons. The molecule has 0 amide bonds. The fraction of sp³-hybridized carbons (Fsp3) is 0.636. The lowest BCUT2D eigenvalue weighted by Gasteiger charge is -2.33. The van der Waals surface area contributed by atoms with Crippen LogP contribution < -0.4 is 0 Å². The predicted octanol–water partition coefficient (Wildman–Crippen LogP) is 1.76. The van der Waals surface area contributed by atoms with E-state index in [1.165, 1.54) is 0 Å². The molecule has 1 aliphatic rings. The van der Waals surface area contributed by atoms with Gasteiger partial charge < -0.3 is 10.2 Å². The first-order valence-electron chi connectivity index (χ1n) is 4.98. The summed E-state index contributed by atoms with van der Waals surface area (Å²) in [6, 6.07) is 0. The number of hydrogen-bond donors (Lipinski definition) is 2. The summed E-state index contributed by atoms with van der Waals surface area (Å²) in [5, 5.41) is 18.0. The van der Waals surface area contributed by atoms with Gasteiger partial charge in [0.2, 0.25) is 0 Å². The van der Waals surface area contributed by atoms with Crippen molar-refractivity contribution in [2.45, 2.75) is 27.2 Å². The van der Waals surface area contributed by atoms with E-state index in [0.717, 1.165) is 11.1 Å². The largest absolute Gasteiger partial charge is 0.481 e. The molecule has 1 rings (SSSR count). The normalized spacial score (nSPS) is 31.5. The molecule has 2 N–H and O–H groups in total. The molecule has 0 aliphatic heterocycles. The first-order valence-corrected chi connectivity index (χ1v) is 4.98. The van der Waals surface area contributed by atoms with Crippen molar-refractivity contribution in [1.29, 1.82) is 0 Å². The van der Waals surface area contributed by atoms with Crippen LogP contribution in [0.4, 0.5) is 0 Å². The van der Waals surface area contributed by atoms with Crippen LogP contribution in [0.15, 0.2) is 11.1 Å². The molecule has 0 unspecified atom stereocenters. The predicted molar refractivity (Wildman–Crippen MR) is 54.4 cm³/mol.